The monoisotopic (exact) mass is 590 g/mol. The van der Waals surface area contributed by atoms with E-state index in [1.165, 1.54) is 5.56 Å². The smallest absolute Gasteiger partial charge is 0.346 e. The van der Waals surface area contributed by atoms with Crippen LogP contribution in [0.2, 0.25) is 0 Å². The molecule has 3 aliphatic rings. The second-order valence-corrected chi connectivity index (χ2v) is 13.8. The van der Waals surface area contributed by atoms with Crippen LogP contribution in [-0.4, -0.2) is 91.1 Å². The molecule has 0 bridgehead atoms. The number of likely N-dealkylation sites (tertiary alicyclic amines) is 1. The highest BCUT2D eigenvalue weighted by atomic mass is 32.2. The second-order valence-electron chi connectivity index (χ2n) is 11.5. The molecular weight excluding hydrogens is 553 g/mol. The summed E-state index contributed by atoms with van der Waals surface area (Å²) in [4.78, 5) is 37.8. The fourth-order valence-electron chi connectivity index (χ4n) is 6.38. The van der Waals surface area contributed by atoms with Gasteiger partial charge in [0.1, 0.15) is 0 Å². The van der Waals surface area contributed by atoms with Crippen LogP contribution in [0.5, 0.6) is 0 Å². The molecule has 13 heteroatoms. The largest absolute Gasteiger partial charge is 0.481 e. The number of nitrogens with zero attached hydrogens (tertiary/aromatic N) is 2. The Morgan fingerprint density at radius 2 is 1.60 bits per heavy atom. The lowest BCUT2D eigenvalue weighted by Crippen LogP contribution is -2.50. The Balaban J connectivity index is 0.000000810. The number of benzene rings is 1. The summed E-state index contributed by atoms with van der Waals surface area (Å²) in [7, 11) is -0.514. The third-order valence-electron chi connectivity index (χ3n) is 8.99. The van der Waals surface area contributed by atoms with Gasteiger partial charge in [0, 0.05) is 31.5 Å². The number of carbonyl (C=O) groups is 3. The lowest BCUT2D eigenvalue weighted by molar-refractivity contribution is -0.155. The first-order valence-electron chi connectivity index (χ1n) is 13.2. The molecule has 1 spiro atoms. The Morgan fingerprint density at radius 1 is 1.02 bits per heavy atom. The summed E-state index contributed by atoms with van der Waals surface area (Å²) in [6.45, 7) is -0.755. The van der Waals surface area contributed by atoms with Gasteiger partial charge >= 0.3 is 17.2 Å². The molecule has 224 valence electrons. The van der Waals surface area contributed by atoms with Gasteiger partial charge in [-0.05, 0) is 63.6 Å². The van der Waals surface area contributed by atoms with Crippen LogP contribution in [0.1, 0.15) is 56.9 Å². The van der Waals surface area contributed by atoms with Crippen LogP contribution in [0.15, 0.2) is 30.3 Å². The van der Waals surface area contributed by atoms with E-state index in [-0.39, 0.29) is 36.2 Å². The number of alkyl halides is 3. The van der Waals surface area contributed by atoms with Crippen molar-refractivity contribution >= 4 is 27.7 Å². The first-order valence-corrected chi connectivity index (χ1v) is 14.8. The van der Waals surface area contributed by atoms with Gasteiger partial charge in [-0.3, -0.25) is 14.5 Å². The summed E-state index contributed by atoms with van der Waals surface area (Å²) >= 11 is 0. The van der Waals surface area contributed by atoms with Crippen LogP contribution in [0, 0.1) is 10.8 Å². The quantitative estimate of drug-likeness (QED) is 0.493. The van der Waals surface area contributed by atoms with Crippen LogP contribution < -0.4 is 0 Å². The Bertz CT molecular complexity index is 1200. The summed E-state index contributed by atoms with van der Waals surface area (Å²) < 4.78 is 62.4. The first kappa shape index (κ1) is 31.9. The molecule has 2 N–H and O–H groups in total. The molecule has 1 amide bonds. The van der Waals surface area contributed by atoms with Gasteiger partial charge < -0.3 is 15.1 Å². The topological polar surface area (TPSA) is 132 Å². The third kappa shape index (κ3) is 6.29. The van der Waals surface area contributed by atoms with Gasteiger partial charge in [-0.25, -0.2) is 17.6 Å². The van der Waals surface area contributed by atoms with Crippen LogP contribution in [0.3, 0.4) is 0 Å². The molecule has 1 aliphatic carbocycles. The lowest BCUT2D eigenvalue weighted by Gasteiger charge is -2.49. The van der Waals surface area contributed by atoms with Crippen LogP contribution in [0.25, 0.3) is 0 Å². The number of hydrogen-bond donors (Lipinski definition) is 2. The molecule has 1 aromatic rings. The zero-order chi connectivity index (χ0) is 30.0. The molecule has 1 unspecified atom stereocenters. The number of carbonyl (C=O) groups excluding carboxylic acids is 1. The molecular formula is C27H37F3N2O7S. The average Bonchev–Trinajstić information content (AvgIpc) is 3.20. The summed E-state index contributed by atoms with van der Waals surface area (Å²) in [5.74, 6) is -3.79. The summed E-state index contributed by atoms with van der Waals surface area (Å²) in [6.07, 6.45) is 2.02. The highest BCUT2D eigenvalue weighted by Crippen LogP contribution is 2.53. The van der Waals surface area contributed by atoms with E-state index in [9.17, 15) is 36.3 Å². The van der Waals surface area contributed by atoms with Crippen molar-refractivity contribution in [3.63, 3.8) is 0 Å². The van der Waals surface area contributed by atoms with E-state index < -0.39 is 51.3 Å². The molecule has 4 rings (SSSR count). The van der Waals surface area contributed by atoms with Gasteiger partial charge in [-0.1, -0.05) is 30.3 Å². The maximum Gasteiger partial charge on any atom is 0.346 e. The summed E-state index contributed by atoms with van der Waals surface area (Å²) in [5.41, 5.74) is -0.931. The molecule has 1 atom stereocenters. The maximum atomic E-state index is 14.2. The average molecular weight is 591 g/mol. The molecule has 2 aliphatic heterocycles. The van der Waals surface area contributed by atoms with Crippen molar-refractivity contribution in [1.29, 1.82) is 0 Å². The van der Waals surface area contributed by atoms with E-state index in [4.69, 9.17) is 9.90 Å². The van der Waals surface area contributed by atoms with Crippen molar-refractivity contribution in [3.05, 3.63) is 35.9 Å². The van der Waals surface area contributed by atoms with Crippen molar-refractivity contribution in [1.82, 2.24) is 9.80 Å². The second kappa shape index (κ2) is 11.7. The van der Waals surface area contributed by atoms with E-state index in [2.05, 4.69) is 31.1 Å². The predicted molar refractivity (Wildman–Crippen MR) is 140 cm³/mol. The number of sulfone groups is 1. The van der Waals surface area contributed by atoms with Crippen LogP contribution in [-0.2, 0) is 29.8 Å². The van der Waals surface area contributed by atoms with E-state index in [0.29, 0.717) is 13.0 Å². The van der Waals surface area contributed by atoms with Crippen molar-refractivity contribution in [3.8, 4) is 0 Å². The van der Waals surface area contributed by atoms with E-state index in [0.717, 1.165) is 25.7 Å². The number of hydrogen-bond acceptors (Lipinski definition) is 6. The van der Waals surface area contributed by atoms with Crippen LogP contribution in [0.4, 0.5) is 13.2 Å². The number of amides is 1. The van der Waals surface area contributed by atoms with Gasteiger partial charge in [-0.2, -0.15) is 8.78 Å². The minimum Gasteiger partial charge on any atom is -0.481 e. The summed E-state index contributed by atoms with van der Waals surface area (Å²) in [6, 6.07) is 10.3. The minimum atomic E-state index is -4.66. The molecule has 40 heavy (non-hydrogen) atoms. The third-order valence-corrected chi connectivity index (χ3v) is 10.8. The van der Waals surface area contributed by atoms with Gasteiger partial charge in [0.2, 0.25) is 15.7 Å². The van der Waals surface area contributed by atoms with Crippen molar-refractivity contribution in [2.75, 3.05) is 39.6 Å². The molecule has 9 nitrogen and oxygen atoms in total. The van der Waals surface area contributed by atoms with Gasteiger partial charge in [-0.15, -0.1) is 0 Å². The normalized spacial score (nSPS) is 28.6. The fraction of sp³-hybridized carbons (Fsp3) is 0.667. The van der Waals surface area contributed by atoms with Gasteiger partial charge in [0.05, 0.1) is 11.2 Å². The maximum absolute atomic E-state index is 14.2. The Kier molecular flexibility index (Phi) is 9.29. The Hall–Kier alpha value is -2.67. The zero-order valence-electron chi connectivity index (χ0n) is 22.7. The molecule has 1 aromatic carbocycles. The molecule has 3 fully saturated rings. The van der Waals surface area contributed by atoms with E-state index in [1.54, 1.807) is 4.90 Å². The SMILES string of the molecule is CN(C)C1(c2ccccc2)CCC2(CC1)CC(=O)N(CCC1(C(=O)O)CCS(=O)(=O)C(F)(F)C1)C2.O=C(O)CF. The number of rotatable bonds is 7. The molecule has 2 heterocycles. The van der Waals surface area contributed by atoms with Crippen molar-refractivity contribution < 1.29 is 46.2 Å². The summed E-state index contributed by atoms with van der Waals surface area (Å²) in [5, 5.41) is 13.0. The highest BCUT2D eigenvalue weighted by Gasteiger charge is 2.59. The zero-order valence-corrected chi connectivity index (χ0v) is 23.6. The standard InChI is InChI=1S/C25H34F2N2O5S.C2H3FO2/c1-28(2)24(19-6-4-3-5-7-19)10-8-22(9-11-24)16-20(30)29(18-22)14-12-23(21(31)32)13-15-35(33,34)25(26,27)17-23;3-1-2(4)5/h3-7H,8-18H2,1-2H3,(H,31,32);1H2,(H,4,5). The number of carboxylic acids is 2. The van der Waals surface area contributed by atoms with Crippen LogP contribution >= 0.6 is 0 Å². The number of carboxylic acid groups (broad SMARTS) is 2. The number of aliphatic carboxylic acids is 2. The molecule has 2 saturated heterocycles. The van der Waals surface area contributed by atoms with Gasteiger partial charge in [0.25, 0.3) is 0 Å². The Labute approximate surface area is 232 Å². The lowest BCUT2D eigenvalue weighted by atomic mass is 9.64. The molecule has 1 saturated carbocycles. The number of halogens is 3. The highest BCUT2D eigenvalue weighted by molar-refractivity contribution is 7.92. The van der Waals surface area contributed by atoms with Crippen molar-refractivity contribution in [2.24, 2.45) is 10.8 Å². The minimum absolute atomic E-state index is 0.0422. The Morgan fingerprint density at radius 3 is 2.08 bits per heavy atom. The molecule has 0 radical (unpaired) electrons. The first-order chi connectivity index (χ1) is 18.5. The van der Waals surface area contributed by atoms with Gasteiger partial charge in [0.15, 0.2) is 6.67 Å². The predicted octanol–water partition coefficient (Wildman–Crippen LogP) is 3.54. The molecule has 0 aromatic heterocycles. The van der Waals surface area contributed by atoms with E-state index in [1.807, 2.05) is 18.2 Å². The van der Waals surface area contributed by atoms with Crippen molar-refractivity contribution in [2.45, 2.75) is 62.2 Å². The van der Waals surface area contributed by atoms with E-state index >= 15 is 0 Å². The fourth-order valence-corrected chi connectivity index (χ4v) is 7.83.